The molecule has 3 aromatic rings. The van der Waals surface area contributed by atoms with Crippen LogP contribution in [0.4, 0.5) is 5.13 Å². The Balaban J connectivity index is 1.27. The molecule has 26 heavy (non-hydrogen) atoms. The number of nitrogens with zero attached hydrogens (tertiary/aromatic N) is 3. The summed E-state index contributed by atoms with van der Waals surface area (Å²) in [5.74, 6) is 0. The number of rotatable bonds is 4. The number of benzene rings is 2. The van der Waals surface area contributed by atoms with Crippen LogP contribution >= 0.6 is 23.6 Å². The van der Waals surface area contributed by atoms with Gasteiger partial charge in [-0.3, -0.25) is 0 Å². The van der Waals surface area contributed by atoms with Gasteiger partial charge in [-0.2, -0.15) is 0 Å². The Morgan fingerprint density at radius 1 is 1.00 bits per heavy atom. The van der Waals surface area contributed by atoms with Crippen molar-refractivity contribution < 1.29 is 0 Å². The monoisotopic (exact) mass is 382 g/mol. The maximum absolute atomic E-state index is 5.58. The van der Waals surface area contributed by atoms with Crippen LogP contribution in [-0.4, -0.2) is 47.7 Å². The predicted octanol–water partition coefficient (Wildman–Crippen LogP) is 3.54. The maximum atomic E-state index is 5.58. The zero-order chi connectivity index (χ0) is 17.8. The molecule has 1 fully saturated rings. The molecule has 1 N–H and O–H groups in total. The third-order valence-electron chi connectivity index (χ3n) is 4.65. The van der Waals surface area contributed by atoms with Gasteiger partial charge in [-0.25, -0.2) is 4.98 Å². The van der Waals surface area contributed by atoms with Crippen LogP contribution in [0.25, 0.3) is 10.2 Å². The van der Waals surface area contributed by atoms with Crippen molar-refractivity contribution in [1.29, 1.82) is 0 Å². The first-order valence-corrected chi connectivity index (χ1v) is 10.2. The summed E-state index contributed by atoms with van der Waals surface area (Å²) in [5, 5.41) is 5.39. The second-order valence-electron chi connectivity index (χ2n) is 6.41. The third kappa shape index (κ3) is 3.97. The standard InChI is InChI=1S/C20H22N4S2/c25-19(21-11-10-16-6-2-1-3-7-16)23-12-14-24(15-13-23)20-22-17-8-4-5-9-18(17)26-20/h1-9H,10-15H2,(H,21,25). The van der Waals surface area contributed by atoms with Gasteiger partial charge in [-0.05, 0) is 36.3 Å². The third-order valence-corrected chi connectivity index (χ3v) is 6.15. The lowest BCUT2D eigenvalue weighted by atomic mass is 10.1. The van der Waals surface area contributed by atoms with Crippen molar-refractivity contribution in [3.05, 3.63) is 60.2 Å². The average Bonchev–Trinajstić information content (AvgIpc) is 3.13. The molecule has 6 heteroatoms. The summed E-state index contributed by atoms with van der Waals surface area (Å²) < 4.78 is 1.25. The second-order valence-corrected chi connectivity index (χ2v) is 7.80. The molecule has 1 aliphatic rings. The predicted molar refractivity (Wildman–Crippen MR) is 114 cm³/mol. The molecule has 1 aliphatic heterocycles. The molecule has 1 saturated heterocycles. The highest BCUT2D eigenvalue weighted by Crippen LogP contribution is 2.29. The Morgan fingerprint density at radius 2 is 1.73 bits per heavy atom. The van der Waals surface area contributed by atoms with Gasteiger partial charge < -0.3 is 15.1 Å². The Hall–Kier alpha value is -2.18. The highest BCUT2D eigenvalue weighted by atomic mass is 32.1. The molecule has 0 atom stereocenters. The first-order chi connectivity index (χ1) is 12.8. The van der Waals surface area contributed by atoms with Crippen LogP contribution in [0.3, 0.4) is 0 Å². The van der Waals surface area contributed by atoms with Crippen LogP contribution in [0, 0.1) is 0 Å². The zero-order valence-corrected chi connectivity index (χ0v) is 16.2. The lowest BCUT2D eigenvalue weighted by Gasteiger charge is -2.36. The number of thiazole rings is 1. The van der Waals surface area contributed by atoms with Crippen molar-refractivity contribution in [2.24, 2.45) is 0 Å². The molecule has 0 amide bonds. The first kappa shape index (κ1) is 17.2. The van der Waals surface area contributed by atoms with E-state index in [9.17, 15) is 0 Å². The quantitative estimate of drug-likeness (QED) is 0.698. The fourth-order valence-electron chi connectivity index (χ4n) is 3.17. The van der Waals surface area contributed by atoms with Gasteiger partial charge >= 0.3 is 0 Å². The van der Waals surface area contributed by atoms with E-state index in [0.29, 0.717) is 0 Å². The largest absolute Gasteiger partial charge is 0.362 e. The van der Waals surface area contributed by atoms with Crippen LogP contribution in [-0.2, 0) is 6.42 Å². The van der Waals surface area contributed by atoms with E-state index in [1.165, 1.54) is 10.3 Å². The summed E-state index contributed by atoms with van der Waals surface area (Å²) in [5.41, 5.74) is 2.43. The van der Waals surface area contributed by atoms with Gasteiger partial charge in [0.15, 0.2) is 10.2 Å². The number of hydrogen-bond donors (Lipinski definition) is 1. The van der Waals surface area contributed by atoms with Crippen molar-refractivity contribution in [3.63, 3.8) is 0 Å². The highest BCUT2D eigenvalue weighted by Gasteiger charge is 2.21. The lowest BCUT2D eigenvalue weighted by Crippen LogP contribution is -2.52. The average molecular weight is 383 g/mol. The van der Waals surface area contributed by atoms with Gasteiger partial charge in [-0.1, -0.05) is 53.8 Å². The van der Waals surface area contributed by atoms with E-state index < -0.39 is 0 Å². The molecule has 0 aliphatic carbocycles. The minimum Gasteiger partial charge on any atom is -0.362 e. The van der Waals surface area contributed by atoms with Crippen LogP contribution in [0.2, 0.25) is 0 Å². The summed E-state index contributed by atoms with van der Waals surface area (Å²) in [6, 6.07) is 18.8. The van der Waals surface area contributed by atoms with E-state index in [2.05, 4.69) is 57.6 Å². The van der Waals surface area contributed by atoms with E-state index in [0.717, 1.165) is 54.9 Å². The Kier molecular flexibility index (Phi) is 5.32. The maximum Gasteiger partial charge on any atom is 0.186 e. The summed E-state index contributed by atoms with van der Waals surface area (Å²) in [6.45, 7) is 4.67. The molecule has 0 unspecified atom stereocenters. The fraction of sp³-hybridized carbons (Fsp3) is 0.300. The first-order valence-electron chi connectivity index (χ1n) is 8.97. The van der Waals surface area contributed by atoms with Crippen molar-refractivity contribution in [2.45, 2.75) is 6.42 Å². The van der Waals surface area contributed by atoms with Crippen LogP contribution in [0.1, 0.15) is 5.56 Å². The molecule has 4 nitrogen and oxygen atoms in total. The Bertz CT molecular complexity index is 837. The summed E-state index contributed by atoms with van der Waals surface area (Å²) in [4.78, 5) is 9.40. The molecular weight excluding hydrogens is 360 g/mol. The topological polar surface area (TPSA) is 31.4 Å². The van der Waals surface area contributed by atoms with Gasteiger partial charge in [0.25, 0.3) is 0 Å². The molecular formula is C20H22N4S2. The SMILES string of the molecule is S=C(NCCc1ccccc1)N1CCN(c2nc3ccccc3s2)CC1. The van der Waals surface area contributed by atoms with Crippen LogP contribution in [0.5, 0.6) is 0 Å². The van der Waals surface area contributed by atoms with Gasteiger partial charge in [-0.15, -0.1) is 0 Å². The molecule has 4 rings (SSSR count). The highest BCUT2D eigenvalue weighted by molar-refractivity contribution is 7.80. The Morgan fingerprint density at radius 3 is 2.50 bits per heavy atom. The summed E-state index contributed by atoms with van der Waals surface area (Å²) in [7, 11) is 0. The van der Waals surface area contributed by atoms with Crippen LogP contribution < -0.4 is 10.2 Å². The number of piperazine rings is 1. The smallest absolute Gasteiger partial charge is 0.186 e. The number of hydrogen-bond acceptors (Lipinski definition) is 4. The second kappa shape index (κ2) is 8.01. The molecule has 0 radical (unpaired) electrons. The van der Waals surface area contributed by atoms with Gasteiger partial charge in [0.05, 0.1) is 10.2 Å². The van der Waals surface area contributed by atoms with Gasteiger partial charge in [0.2, 0.25) is 0 Å². The number of nitrogens with one attached hydrogen (secondary N) is 1. The lowest BCUT2D eigenvalue weighted by molar-refractivity contribution is 0.380. The van der Waals surface area contributed by atoms with Crippen molar-refractivity contribution >= 4 is 44.0 Å². The summed E-state index contributed by atoms with van der Waals surface area (Å²) >= 11 is 7.35. The number of anilines is 1. The molecule has 2 aromatic carbocycles. The molecule has 0 spiro atoms. The van der Waals surface area contributed by atoms with E-state index >= 15 is 0 Å². The minimum absolute atomic E-state index is 0.866. The molecule has 0 bridgehead atoms. The minimum atomic E-state index is 0.866. The number of para-hydroxylation sites is 1. The van der Waals surface area contributed by atoms with Crippen molar-refractivity contribution in [3.8, 4) is 0 Å². The zero-order valence-electron chi connectivity index (χ0n) is 14.6. The van der Waals surface area contributed by atoms with Crippen molar-refractivity contribution in [1.82, 2.24) is 15.2 Å². The molecule has 0 saturated carbocycles. The van der Waals surface area contributed by atoms with Gasteiger partial charge in [0, 0.05) is 32.7 Å². The van der Waals surface area contributed by atoms with Crippen molar-refractivity contribution in [2.75, 3.05) is 37.6 Å². The molecule has 134 valence electrons. The van der Waals surface area contributed by atoms with E-state index in [-0.39, 0.29) is 0 Å². The van der Waals surface area contributed by atoms with Crippen LogP contribution in [0.15, 0.2) is 54.6 Å². The number of thiocarbonyl (C=S) groups is 1. The van der Waals surface area contributed by atoms with Gasteiger partial charge in [0.1, 0.15) is 0 Å². The Labute approximate surface area is 163 Å². The molecule has 2 heterocycles. The normalized spacial score (nSPS) is 14.6. The number of fused-ring (bicyclic) bond motifs is 1. The van der Waals surface area contributed by atoms with E-state index in [1.807, 2.05) is 12.1 Å². The number of aromatic nitrogens is 1. The molecule has 1 aromatic heterocycles. The van der Waals surface area contributed by atoms with E-state index in [1.54, 1.807) is 11.3 Å². The van der Waals surface area contributed by atoms with E-state index in [4.69, 9.17) is 17.2 Å². The summed E-state index contributed by atoms with van der Waals surface area (Å²) in [6.07, 6.45) is 0.993. The fourth-order valence-corrected chi connectivity index (χ4v) is 4.47.